The molecule has 3 aliphatic rings. The Morgan fingerprint density at radius 3 is 2.23 bits per heavy atom. The Bertz CT molecular complexity index is 2310. The number of rotatable bonds is 4. The van der Waals surface area contributed by atoms with E-state index in [-0.39, 0.29) is 5.41 Å². The van der Waals surface area contributed by atoms with E-state index in [1.807, 2.05) is 6.07 Å². The average molecular weight is 622 g/mol. The van der Waals surface area contributed by atoms with E-state index in [4.69, 9.17) is 4.42 Å². The van der Waals surface area contributed by atoms with E-state index >= 15 is 0 Å². The van der Waals surface area contributed by atoms with Crippen molar-refractivity contribution in [3.8, 4) is 22.3 Å². The molecule has 6 aromatic carbocycles. The van der Waals surface area contributed by atoms with Crippen LogP contribution in [0.5, 0.6) is 0 Å². The zero-order chi connectivity index (χ0) is 31.8. The summed E-state index contributed by atoms with van der Waals surface area (Å²) in [6.45, 7) is 2.49. The second-order valence-electron chi connectivity index (χ2n) is 14.7. The number of fused-ring (bicyclic) bond motifs is 11. The molecule has 0 aliphatic heterocycles. The molecule has 48 heavy (non-hydrogen) atoms. The zero-order valence-electron chi connectivity index (χ0n) is 27.4. The lowest BCUT2D eigenvalue weighted by Crippen LogP contribution is -2.44. The Morgan fingerprint density at radius 2 is 1.33 bits per heavy atom. The van der Waals surface area contributed by atoms with Crippen molar-refractivity contribution in [3.05, 3.63) is 151 Å². The molecule has 0 radical (unpaired) electrons. The molecule has 3 aliphatic carbocycles. The molecule has 2 saturated carbocycles. The maximum absolute atomic E-state index is 6.46. The third kappa shape index (κ3) is 4.11. The van der Waals surface area contributed by atoms with Crippen molar-refractivity contribution < 1.29 is 4.42 Å². The summed E-state index contributed by atoms with van der Waals surface area (Å²) < 4.78 is 6.46. The van der Waals surface area contributed by atoms with Gasteiger partial charge in [0.25, 0.3) is 0 Å². The Labute approximate surface area is 282 Å². The summed E-state index contributed by atoms with van der Waals surface area (Å²) in [5.74, 6) is 2.35. The molecule has 234 valence electrons. The molecule has 10 rings (SSSR count). The average Bonchev–Trinajstić information content (AvgIpc) is 3.64. The van der Waals surface area contributed by atoms with Crippen molar-refractivity contribution in [1.29, 1.82) is 0 Å². The van der Waals surface area contributed by atoms with Gasteiger partial charge in [-0.05, 0) is 114 Å². The third-order valence-electron chi connectivity index (χ3n) is 12.0. The van der Waals surface area contributed by atoms with Crippen molar-refractivity contribution >= 4 is 39.0 Å². The third-order valence-corrected chi connectivity index (χ3v) is 12.0. The number of para-hydroxylation sites is 1. The predicted octanol–water partition coefficient (Wildman–Crippen LogP) is 12.8. The number of benzene rings is 6. The van der Waals surface area contributed by atoms with Crippen LogP contribution in [0.3, 0.4) is 0 Å². The summed E-state index contributed by atoms with van der Waals surface area (Å²) in [7, 11) is 0. The zero-order valence-corrected chi connectivity index (χ0v) is 27.4. The second kappa shape index (κ2) is 10.7. The van der Waals surface area contributed by atoms with E-state index in [9.17, 15) is 0 Å². The Kier molecular flexibility index (Phi) is 6.25. The highest BCUT2D eigenvalue weighted by Crippen LogP contribution is 2.64. The molecule has 0 saturated heterocycles. The van der Waals surface area contributed by atoms with Gasteiger partial charge in [-0.25, -0.2) is 0 Å². The molecule has 4 atom stereocenters. The fourth-order valence-corrected chi connectivity index (χ4v) is 10.1. The Morgan fingerprint density at radius 1 is 0.604 bits per heavy atom. The fraction of sp³-hybridized carbons (Fsp3) is 0.217. The van der Waals surface area contributed by atoms with E-state index in [0.29, 0.717) is 5.92 Å². The van der Waals surface area contributed by atoms with Gasteiger partial charge < -0.3 is 9.32 Å². The number of hydrogen-bond acceptors (Lipinski definition) is 2. The van der Waals surface area contributed by atoms with Crippen LogP contribution in [0, 0.1) is 17.8 Å². The van der Waals surface area contributed by atoms with Gasteiger partial charge >= 0.3 is 0 Å². The Balaban J connectivity index is 1.20. The van der Waals surface area contributed by atoms with Crippen LogP contribution in [0.4, 0.5) is 17.1 Å². The van der Waals surface area contributed by atoms with Crippen LogP contribution in [-0.4, -0.2) is 0 Å². The van der Waals surface area contributed by atoms with Crippen LogP contribution < -0.4 is 4.90 Å². The monoisotopic (exact) mass is 621 g/mol. The van der Waals surface area contributed by atoms with Crippen molar-refractivity contribution in [2.45, 2.75) is 44.4 Å². The van der Waals surface area contributed by atoms with Gasteiger partial charge in [0.15, 0.2) is 0 Å². The largest absolute Gasteiger partial charge is 0.456 e. The summed E-state index contributed by atoms with van der Waals surface area (Å²) in [6.07, 6.45) is 6.65. The van der Waals surface area contributed by atoms with Crippen LogP contribution in [0.2, 0.25) is 0 Å². The van der Waals surface area contributed by atoms with Crippen molar-refractivity contribution in [2.75, 3.05) is 4.90 Å². The number of hydrogen-bond donors (Lipinski definition) is 0. The highest BCUT2D eigenvalue weighted by atomic mass is 16.3. The van der Waals surface area contributed by atoms with Gasteiger partial charge in [-0.3, -0.25) is 0 Å². The van der Waals surface area contributed by atoms with Gasteiger partial charge in [0.1, 0.15) is 11.2 Å². The van der Waals surface area contributed by atoms with E-state index in [1.165, 1.54) is 65.6 Å². The summed E-state index contributed by atoms with van der Waals surface area (Å²) in [6, 6.07) is 51.4. The topological polar surface area (TPSA) is 16.4 Å². The van der Waals surface area contributed by atoms with Gasteiger partial charge in [-0.1, -0.05) is 104 Å². The number of furan rings is 1. The Hall–Kier alpha value is -5.08. The van der Waals surface area contributed by atoms with Crippen LogP contribution in [0.25, 0.3) is 44.2 Å². The molecule has 1 aromatic heterocycles. The molecule has 2 heteroatoms. The minimum absolute atomic E-state index is 0.0820. The molecule has 7 aromatic rings. The first-order chi connectivity index (χ1) is 23.7. The van der Waals surface area contributed by atoms with E-state index in [0.717, 1.165) is 45.1 Å². The van der Waals surface area contributed by atoms with Crippen LogP contribution in [-0.2, 0) is 5.41 Å². The lowest BCUT2D eigenvalue weighted by molar-refractivity contribution is 0.0856. The predicted molar refractivity (Wildman–Crippen MR) is 199 cm³/mol. The van der Waals surface area contributed by atoms with Gasteiger partial charge in [0.05, 0.1) is 5.69 Å². The minimum atomic E-state index is 0.0820. The quantitative estimate of drug-likeness (QED) is 0.194. The van der Waals surface area contributed by atoms with Crippen LogP contribution >= 0.6 is 0 Å². The van der Waals surface area contributed by atoms with Gasteiger partial charge in [0.2, 0.25) is 0 Å². The highest BCUT2D eigenvalue weighted by molar-refractivity contribution is 6.06. The lowest BCUT2D eigenvalue weighted by Gasteiger charge is -2.50. The molecule has 1 spiro atoms. The normalized spacial score (nSPS) is 22.6. The van der Waals surface area contributed by atoms with Gasteiger partial charge in [0, 0.05) is 39.2 Å². The van der Waals surface area contributed by atoms with Crippen molar-refractivity contribution in [2.24, 2.45) is 17.8 Å². The molecule has 0 amide bonds. The number of nitrogens with zero attached hydrogens (tertiary/aromatic N) is 1. The maximum atomic E-state index is 6.46. The standard InChI is InChI=1S/C46H39NO/c1-30-26-31-24-25-46(34(27-30)28-31)40-14-7-5-13-39(40)45-41(46)15-9-16-42(45)47(35-20-18-33(19-21-35)32-10-3-2-4-11-32)36-22-23-38-37-12-6-8-17-43(37)48-44(38)29-36/h2-23,29-31,34H,24-28H2,1H3. The molecule has 4 unspecified atom stereocenters. The molecule has 0 N–H and O–H groups in total. The minimum Gasteiger partial charge on any atom is -0.456 e. The molecule has 2 bridgehead atoms. The maximum Gasteiger partial charge on any atom is 0.137 e. The summed E-state index contributed by atoms with van der Waals surface area (Å²) in [4.78, 5) is 2.48. The first-order valence-electron chi connectivity index (χ1n) is 17.8. The second-order valence-corrected chi connectivity index (χ2v) is 14.7. The van der Waals surface area contributed by atoms with E-state index in [1.54, 1.807) is 5.56 Å². The smallest absolute Gasteiger partial charge is 0.137 e. The summed E-state index contributed by atoms with van der Waals surface area (Å²) in [5.41, 5.74) is 13.8. The van der Waals surface area contributed by atoms with Gasteiger partial charge in [-0.2, -0.15) is 0 Å². The summed E-state index contributed by atoms with van der Waals surface area (Å²) in [5, 5.41) is 2.31. The van der Waals surface area contributed by atoms with Gasteiger partial charge in [-0.15, -0.1) is 0 Å². The van der Waals surface area contributed by atoms with Crippen molar-refractivity contribution in [1.82, 2.24) is 0 Å². The number of anilines is 3. The SMILES string of the molecule is CC1CC2CCC3(c4ccccc4-c4c(N(c5ccc(-c6ccccc6)cc5)c5ccc6c(c5)oc5ccccc56)cccc43)C(C1)C2. The molecule has 1 heterocycles. The fourth-order valence-electron chi connectivity index (χ4n) is 10.1. The highest BCUT2D eigenvalue weighted by Gasteiger charge is 2.53. The first-order valence-corrected chi connectivity index (χ1v) is 17.8. The van der Waals surface area contributed by atoms with E-state index < -0.39 is 0 Å². The van der Waals surface area contributed by atoms with Crippen LogP contribution in [0.1, 0.15) is 50.2 Å². The van der Waals surface area contributed by atoms with Crippen molar-refractivity contribution in [3.63, 3.8) is 0 Å². The summed E-state index contributed by atoms with van der Waals surface area (Å²) >= 11 is 0. The van der Waals surface area contributed by atoms with E-state index in [2.05, 4.69) is 145 Å². The molecule has 2 nitrogen and oxygen atoms in total. The molecular weight excluding hydrogens is 583 g/mol. The first kappa shape index (κ1) is 28.0. The van der Waals surface area contributed by atoms with Crippen LogP contribution in [0.15, 0.2) is 144 Å². The lowest BCUT2D eigenvalue weighted by atomic mass is 9.53. The molecular formula is C46H39NO. The molecule has 2 fully saturated rings.